The molecule has 0 bridgehead atoms. The van der Waals surface area contributed by atoms with E-state index in [0.717, 1.165) is 26.1 Å². The Bertz CT molecular complexity index is 750. The summed E-state index contributed by atoms with van der Waals surface area (Å²) in [5.74, 6) is 1.26. The Labute approximate surface area is 157 Å². The van der Waals surface area contributed by atoms with Gasteiger partial charge in [-0.2, -0.15) is 0 Å². The summed E-state index contributed by atoms with van der Waals surface area (Å²) in [7, 11) is 4.61. The van der Waals surface area contributed by atoms with Crippen LogP contribution in [0.5, 0.6) is 17.2 Å². The highest BCUT2D eigenvalue weighted by Crippen LogP contribution is 2.38. The number of carbonyl (C=O) groups excluding carboxylic acids is 1. The molecule has 2 heterocycles. The minimum absolute atomic E-state index is 0.155. The van der Waals surface area contributed by atoms with Crippen LogP contribution in [0.4, 0.5) is 0 Å². The van der Waals surface area contributed by atoms with Gasteiger partial charge in [0, 0.05) is 36.6 Å². The maximum absolute atomic E-state index is 12.5. The number of thiophene rings is 1. The third-order valence-corrected chi connectivity index (χ3v) is 5.55. The van der Waals surface area contributed by atoms with E-state index in [1.54, 1.807) is 12.1 Å². The zero-order chi connectivity index (χ0) is 18.5. The Kier molecular flexibility index (Phi) is 6.00. The number of hydrogen-bond acceptors (Lipinski definition) is 6. The van der Waals surface area contributed by atoms with E-state index in [9.17, 15) is 4.79 Å². The summed E-state index contributed by atoms with van der Waals surface area (Å²) >= 11 is 1.83. The van der Waals surface area contributed by atoms with E-state index in [0.29, 0.717) is 29.4 Å². The van der Waals surface area contributed by atoms with Gasteiger partial charge < -0.3 is 19.5 Å². The molecule has 0 saturated carbocycles. The molecule has 26 heavy (non-hydrogen) atoms. The summed E-state index contributed by atoms with van der Waals surface area (Å²) in [6, 6.07) is 5.52. The van der Waals surface area contributed by atoms with Gasteiger partial charge in [-0.25, -0.2) is 0 Å². The highest BCUT2D eigenvalue weighted by Gasteiger charge is 2.19. The second kappa shape index (κ2) is 8.42. The minimum atomic E-state index is -0.155. The van der Waals surface area contributed by atoms with Gasteiger partial charge in [0.1, 0.15) is 0 Å². The van der Waals surface area contributed by atoms with Crippen molar-refractivity contribution in [3.8, 4) is 17.2 Å². The minimum Gasteiger partial charge on any atom is -0.493 e. The number of carbonyl (C=O) groups is 1. The molecule has 1 amide bonds. The van der Waals surface area contributed by atoms with E-state index in [1.165, 1.54) is 31.8 Å². The maximum atomic E-state index is 12.5. The Balaban J connectivity index is 1.58. The van der Waals surface area contributed by atoms with Crippen LogP contribution in [0.2, 0.25) is 0 Å². The number of methoxy groups -OCH3 is 3. The summed E-state index contributed by atoms with van der Waals surface area (Å²) in [4.78, 5) is 16.4. The molecule has 7 heteroatoms. The summed E-state index contributed by atoms with van der Waals surface area (Å²) in [5, 5.41) is 5.13. The van der Waals surface area contributed by atoms with E-state index < -0.39 is 0 Å². The lowest BCUT2D eigenvalue weighted by Crippen LogP contribution is -2.37. The lowest BCUT2D eigenvalue weighted by atomic mass is 10.1. The van der Waals surface area contributed by atoms with Crippen LogP contribution in [-0.4, -0.2) is 51.8 Å². The zero-order valence-corrected chi connectivity index (χ0v) is 16.1. The Morgan fingerprint density at radius 2 is 1.92 bits per heavy atom. The molecule has 0 spiro atoms. The highest BCUT2D eigenvalue weighted by molar-refractivity contribution is 7.10. The molecule has 1 aromatic heterocycles. The normalized spacial score (nSPS) is 13.8. The van der Waals surface area contributed by atoms with Gasteiger partial charge in [0.15, 0.2) is 11.5 Å². The monoisotopic (exact) mass is 376 g/mol. The molecule has 1 aromatic carbocycles. The Hall–Kier alpha value is -2.25. The Morgan fingerprint density at radius 1 is 1.19 bits per heavy atom. The van der Waals surface area contributed by atoms with Gasteiger partial charge >= 0.3 is 0 Å². The van der Waals surface area contributed by atoms with Crippen LogP contribution in [-0.2, 0) is 13.0 Å². The summed E-state index contributed by atoms with van der Waals surface area (Å²) in [5.41, 5.74) is 1.90. The van der Waals surface area contributed by atoms with Crippen LogP contribution in [0.3, 0.4) is 0 Å². The third kappa shape index (κ3) is 3.94. The molecule has 1 aliphatic rings. The lowest BCUT2D eigenvalue weighted by molar-refractivity contribution is 0.0946. The average Bonchev–Trinajstić information content (AvgIpc) is 3.14. The largest absolute Gasteiger partial charge is 0.493 e. The van der Waals surface area contributed by atoms with Crippen molar-refractivity contribution in [2.75, 3.05) is 41.0 Å². The molecule has 1 aliphatic heterocycles. The first-order valence-electron chi connectivity index (χ1n) is 8.52. The van der Waals surface area contributed by atoms with E-state index in [2.05, 4.69) is 21.7 Å². The van der Waals surface area contributed by atoms with Crippen LogP contribution >= 0.6 is 11.3 Å². The SMILES string of the molecule is COc1cc(C(=O)NCCN2CCc3sccc3C2)cc(OC)c1OC. The highest BCUT2D eigenvalue weighted by atomic mass is 32.1. The van der Waals surface area contributed by atoms with Crippen molar-refractivity contribution in [3.05, 3.63) is 39.6 Å². The third-order valence-electron chi connectivity index (χ3n) is 4.53. The smallest absolute Gasteiger partial charge is 0.251 e. The summed E-state index contributed by atoms with van der Waals surface area (Å²) in [6.45, 7) is 3.41. The van der Waals surface area contributed by atoms with Gasteiger partial charge in [-0.1, -0.05) is 0 Å². The van der Waals surface area contributed by atoms with E-state index in [4.69, 9.17) is 14.2 Å². The summed E-state index contributed by atoms with van der Waals surface area (Å²) < 4.78 is 15.9. The molecule has 6 nitrogen and oxygen atoms in total. The van der Waals surface area contributed by atoms with Gasteiger partial charge in [0.05, 0.1) is 21.3 Å². The summed E-state index contributed by atoms with van der Waals surface area (Å²) in [6.07, 6.45) is 1.09. The van der Waals surface area contributed by atoms with Crippen molar-refractivity contribution in [2.45, 2.75) is 13.0 Å². The number of benzene rings is 1. The zero-order valence-electron chi connectivity index (χ0n) is 15.3. The molecule has 0 radical (unpaired) electrons. The van der Waals surface area contributed by atoms with Crippen molar-refractivity contribution in [1.29, 1.82) is 0 Å². The second-order valence-electron chi connectivity index (χ2n) is 6.07. The maximum Gasteiger partial charge on any atom is 0.251 e. The van der Waals surface area contributed by atoms with Crippen LogP contribution < -0.4 is 19.5 Å². The quantitative estimate of drug-likeness (QED) is 0.805. The van der Waals surface area contributed by atoms with Gasteiger partial charge in [-0.15, -0.1) is 11.3 Å². The van der Waals surface area contributed by atoms with Gasteiger partial charge in [-0.3, -0.25) is 9.69 Å². The fourth-order valence-corrected chi connectivity index (χ4v) is 4.03. The first kappa shape index (κ1) is 18.5. The topological polar surface area (TPSA) is 60.0 Å². The molecule has 0 fully saturated rings. The van der Waals surface area contributed by atoms with E-state index >= 15 is 0 Å². The molecular weight excluding hydrogens is 352 g/mol. The average molecular weight is 376 g/mol. The Morgan fingerprint density at radius 3 is 2.58 bits per heavy atom. The number of amides is 1. The molecule has 1 N–H and O–H groups in total. The van der Waals surface area contributed by atoms with Crippen molar-refractivity contribution < 1.29 is 19.0 Å². The number of fused-ring (bicyclic) bond motifs is 1. The predicted octanol–water partition coefficient (Wildman–Crippen LogP) is 2.56. The fourth-order valence-electron chi connectivity index (χ4n) is 3.14. The predicted molar refractivity (Wildman–Crippen MR) is 102 cm³/mol. The number of nitrogens with zero attached hydrogens (tertiary/aromatic N) is 1. The van der Waals surface area contributed by atoms with Gasteiger partial charge in [0.2, 0.25) is 5.75 Å². The van der Waals surface area contributed by atoms with Crippen LogP contribution in [0.15, 0.2) is 23.6 Å². The van der Waals surface area contributed by atoms with E-state index in [1.807, 2.05) is 11.3 Å². The van der Waals surface area contributed by atoms with Crippen molar-refractivity contribution in [2.24, 2.45) is 0 Å². The molecule has 0 aliphatic carbocycles. The molecular formula is C19H24N2O4S. The molecule has 2 aromatic rings. The van der Waals surface area contributed by atoms with Gasteiger partial charge in [0.25, 0.3) is 5.91 Å². The first-order valence-corrected chi connectivity index (χ1v) is 9.40. The molecule has 0 unspecified atom stereocenters. The number of ether oxygens (including phenoxy) is 3. The van der Waals surface area contributed by atoms with Crippen LogP contribution in [0.25, 0.3) is 0 Å². The van der Waals surface area contributed by atoms with E-state index in [-0.39, 0.29) is 5.91 Å². The van der Waals surface area contributed by atoms with Crippen molar-refractivity contribution in [1.82, 2.24) is 10.2 Å². The molecule has 3 rings (SSSR count). The lowest BCUT2D eigenvalue weighted by Gasteiger charge is -2.26. The molecule has 140 valence electrons. The number of hydrogen-bond donors (Lipinski definition) is 1. The standard InChI is InChI=1S/C19H24N2O4S/c1-23-15-10-14(11-16(24-2)18(15)25-3)19(22)20-6-8-21-7-4-17-13(12-21)5-9-26-17/h5,9-11H,4,6-8,12H2,1-3H3,(H,20,22). The number of rotatable bonds is 7. The second-order valence-corrected chi connectivity index (χ2v) is 7.07. The van der Waals surface area contributed by atoms with Crippen LogP contribution in [0, 0.1) is 0 Å². The van der Waals surface area contributed by atoms with Gasteiger partial charge in [-0.05, 0) is 35.6 Å². The van der Waals surface area contributed by atoms with Crippen molar-refractivity contribution >= 4 is 17.2 Å². The van der Waals surface area contributed by atoms with Crippen molar-refractivity contribution in [3.63, 3.8) is 0 Å². The van der Waals surface area contributed by atoms with Crippen LogP contribution in [0.1, 0.15) is 20.8 Å². The first-order chi connectivity index (χ1) is 12.7. The molecule has 0 atom stereocenters. The fraction of sp³-hybridized carbons (Fsp3) is 0.421. The number of nitrogens with one attached hydrogen (secondary N) is 1. The molecule has 0 saturated heterocycles.